The van der Waals surface area contributed by atoms with E-state index in [0.717, 1.165) is 12.1 Å². The Labute approximate surface area is 123 Å². The molecule has 0 radical (unpaired) electrons. The minimum Gasteiger partial charge on any atom is -0.386 e. The summed E-state index contributed by atoms with van der Waals surface area (Å²) in [5.41, 5.74) is 0.208. The van der Waals surface area contributed by atoms with Gasteiger partial charge in [0, 0.05) is 6.42 Å². The van der Waals surface area contributed by atoms with E-state index in [1.165, 1.54) is 6.07 Å². The third-order valence-electron chi connectivity index (χ3n) is 2.93. The predicted molar refractivity (Wildman–Crippen MR) is 74.6 cm³/mol. The summed E-state index contributed by atoms with van der Waals surface area (Å²) in [7, 11) is 0. The van der Waals surface area contributed by atoms with Gasteiger partial charge in [0.15, 0.2) is 11.6 Å². The molecule has 0 saturated heterocycles. The first kappa shape index (κ1) is 17.5. The van der Waals surface area contributed by atoms with Gasteiger partial charge >= 0.3 is 0 Å². The summed E-state index contributed by atoms with van der Waals surface area (Å²) in [6.07, 6.45) is -0.898. The van der Waals surface area contributed by atoms with Crippen molar-refractivity contribution in [3.05, 3.63) is 35.4 Å². The summed E-state index contributed by atoms with van der Waals surface area (Å²) in [6.45, 7) is 5.62. The highest BCUT2D eigenvalue weighted by Gasteiger charge is 2.19. The fourth-order valence-corrected chi connectivity index (χ4v) is 1.78. The molecule has 0 heterocycles. The molecule has 1 aromatic carbocycles. The normalized spacial score (nSPS) is 14.0. The van der Waals surface area contributed by atoms with Gasteiger partial charge in [0.2, 0.25) is 5.91 Å². The number of hydrogen-bond donors (Lipinski definition) is 2. The largest absolute Gasteiger partial charge is 0.386 e. The molecule has 0 aliphatic heterocycles. The number of rotatable bonds is 7. The highest BCUT2D eigenvalue weighted by atomic mass is 19.2. The van der Waals surface area contributed by atoms with Gasteiger partial charge in [-0.2, -0.15) is 0 Å². The molecule has 0 fully saturated rings. The molecule has 0 aromatic heterocycles. The molecule has 1 aromatic rings. The standard InChI is InChI=1S/C15H21F2NO3/c1-9(2)21-7-6-14(19)18-10(3)15(20)11-4-5-12(16)13(17)8-11/h4-5,8-10,15,20H,6-7H2,1-3H3,(H,18,19). The molecule has 2 atom stereocenters. The van der Waals surface area contributed by atoms with E-state index in [4.69, 9.17) is 4.74 Å². The molecule has 0 aliphatic carbocycles. The van der Waals surface area contributed by atoms with Gasteiger partial charge in [0.25, 0.3) is 0 Å². The Morgan fingerprint density at radius 1 is 1.29 bits per heavy atom. The number of amides is 1. The van der Waals surface area contributed by atoms with Crippen LogP contribution in [0, 0.1) is 11.6 Å². The van der Waals surface area contributed by atoms with Crippen LogP contribution in [-0.2, 0) is 9.53 Å². The Kier molecular flexibility index (Phi) is 6.71. The second-order valence-corrected chi connectivity index (χ2v) is 5.14. The maximum absolute atomic E-state index is 13.1. The van der Waals surface area contributed by atoms with Gasteiger partial charge in [-0.1, -0.05) is 6.07 Å². The summed E-state index contributed by atoms with van der Waals surface area (Å²) in [4.78, 5) is 11.7. The van der Waals surface area contributed by atoms with Crippen molar-refractivity contribution >= 4 is 5.91 Å². The van der Waals surface area contributed by atoms with E-state index in [2.05, 4.69) is 5.32 Å². The number of nitrogens with one attached hydrogen (secondary N) is 1. The molecule has 1 rings (SSSR count). The van der Waals surface area contributed by atoms with Crippen LogP contribution in [0.2, 0.25) is 0 Å². The molecule has 6 heteroatoms. The summed E-state index contributed by atoms with van der Waals surface area (Å²) in [6, 6.07) is 2.53. The van der Waals surface area contributed by atoms with Crippen LogP contribution in [0.15, 0.2) is 18.2 Å². The van der Waals surface area contributed by atoms with Crippen molar-refractivity contribution in [2.75, 3.05) is 6.61 Å². The second kappa shape index (κ2) is 8.05. The SMILES string of the molecule is CC(C)OCCC(=O)NC(C)C(O)c1ccc(F)c(F)c1. The number of hydrogen-bond acceptors (Lipinski definition) is 3. The summed E-state index contributed by atoms with van der Waals surface area (Å²) < 4.78 is 31.2. The first-order valence-corrected chi connectivity index (χ1v) is 6.85. The summed E-state index contributed by atoms with van der Waals surface area (Å²) in [5, 5.41) is 12.6. The molecule has 1 amide bonds. The lowest BCUT2D eigenvalue weighted by Gasteiger charge is -2.21. The number of carbonyl (C=O) groups excluding carboxylic acids is 1. The number of ether oxygens (including phenoxy) is 1. The van der Waals surface area contributed by atoms with E-state index in [9.17, 15) is 18.7 Å². The summed E-state index contributed by atoms with van der Waals surface area (Å²) >= 11 is 0. The zero-order chi connectivity index (χ0) is 16.0. The zero-order valence-electron chi connectivity index (χ0n) is 12.4. The number of aliphatic hydroxyl groups excluding tert-OH is 1. The zero-order valence-corrected chi connectivity index (χ0v) is 12.4. The van der Waals surface area contributed by atoms with Gasteiger partial charge in [-0.25, -0.2) is 8.78 Å². The first-order chi connectivity index (χ1) is 9.81. The Hall–Kier alpha value is -1.53. The molecule has 0 aliphatic rings. The Morgan fingerprint density at radius 2 is 1.95 bits per heavy atom. The fourth-order valence-electron chi connectivity index (χ4n) is 1.78. The van der Waals surface area contributed by atoms with E-state index in [0.29, 0.717) is 0 Å². The van der Waals surface area contributed by atoms with E-state index in [1.54, 1.807) is 6.92 Å². The van der Waals surface area contributed by atoms with Crippen LogP contribution in [0.5, 0.6) is 0 Å². The number of aliphatic hydroxyl groups is 1. The second-order valence-electron chi connectivity index (χ2n) is 5.14. The average Bonchev–Trinajstić information content (AvgIpc) is 2.40. The fraction of sp³-hybridized carbons (Fsp3) is 0.533. The Balaban J connectivity index is 2.51. The lowest BCUT2D eigenvalue weighted by atomic mass is 10.0. The highest BCUT2D eigenvalue weighted by Crippen LogP contribution is 2.19. The van der Waals surface area contributed by atoms with E-state index < -0.39 is 23.8 Å². The van der Waals surface area contributed by atoms with E-state index in [-0.39, 0.29) is 30.6 Å². The van der Waals surface area contributed by atoms with E-state index >= 15 is 0 Å². The van der Waals surface area contributed by atoms with Crippen molar-refractivity contribution in [1.29, 1.82) is 0 Å². The number of benzene rings is 1. The Morgan fingerprint density at radius 3 is 2.52 bits per heavy atom. The smallest absolute Gasteiger partial charge is 0.222 e. The minimum atomic E-state index is -1.12. The molecule has 0 saturated carbocycles. The van der Waals surface area contributed by atoms with E-state index in [1.807, 2.05) is 13.8 Å². The average molecular weight is 301 g/mol. The van der Waals surface area contributed by atoms with Crippen LogP contribution in [0.25, 0.3) is 0 Å². The molecule has 0 bridgehead atoms. The highest BCUT2D eigenvalue weighted by molar-refractivity contribution is 5.76. The van der Waals surface area contributed by atoms with Crippen molar-refractivity contribution < 1.29 is 23.4 Å². The van der Waals surface area contributed by atoms with Gasteiger partial charge in [-0.3, -0.25) is 4.79 Å². The van der Waals surface area contributed by atoms with Crippen LogP contribution >= 0.6 is 0 Å². The third kappa shape index (κ3) is 5.77. The van der Waals surface area contributed by atoms with Crippen LogP contribution in [0.4, 0.5) is 8.78 Å². The van der Waals surface area contributed by atoms with Gasteiger partial charge in [0.05, 0.1) is 24.9 Å². The van der Waals surface area contributed by atoms with Gasteiger partial charge in [-0.05, 0) is 38.5 Å². The van der Waals surface area contributed by atoms with Crippen molar-refractivity contribution in [3.63, 3.8) is 0 Å². The molecule has 0 spiro atoms. The topological polar surface area (TPSA) is 58.6 Å². The van der Waals surface area contributed by atoms with Gasteiger partial charge < -0.3 is 15.2 Å². The maximum atomic E-state index is 13.1. The summed E-state index contributed by atoms with van der Waals surface area (Å²) in [5.74, 6) is -2.28. The molecule has 2 N–H and O–H groups in total. The van der Waals surface area contributed by atoms with Crippen LogP contribution in [0.1, 0.15) is 38.9 Å². The lowest BCUT2D eigenvalue weighted by Crippen LogP contribution is -2.37. The van der Waals surface area contributed by atoms with Crippen LogP contribution in [-0.4, -0.2) is 29.8 Å². The molecule has 21 heavy (non-hydrogen) atoms. The van der Waals surface area contributed by atoms with Crippen LogP contribution < -0.4 is 5.32 Å². The molecule has 2 unspecified atom stereocenters. The quantitative estimate of drug-likeness (QED) is 0.812. The van der Waals surface area contributed by atoms with Gasteiger partial charge in [0.1, 0.15) is 0 Å². The predicted octanol–water partition coefficient (Wildman–Crippen LogP) is 2.32. The monoisotopic (exact) mass is 301 g/mol. The van der Waals surface area contributed by atoms with Crippen molar-refractivity contribution in [2.24, 2.45) is 0 Å². The van der Waals surface area contributed by atoms with Crippen molar-refractivity contribution in [1.82, 2.24) is 5.32 Å². The first-order valence-electron chi connectivity index (χ1n) is 6.85. The lowest BCUT2D eigenvalue weighted by molar-refractivity contribution is -0.123. The van der Waals surface area contributed by atoms with Crippen molar-refractivity contribution in [2.45, 2.75) is 45.4 Å². The number of halogens is 2. The Bertz CT molecular complexity index is 480. The van der Waals surface area contributed by atoms with Gasteiger partial charge in [-0.15, -0.1) is 0 Å². The van der Waals surface area contributed by atoms with Crippen LogP contribution in [0.3, 0.4) is 0 Å². The van der Waals surface area contributed by atoms with Crippen molar-refractivity contribution in [3.8, 4) is 0 Å². The minimum absolute atomic E-state index is 0.0444. The third-order valence-corrected chi connectivity index (χ3v) is 2.93. The maximum Gasteiger partial charge on any atom is 0.222 e. The molecular weight excluding hydrogens is 280 g/mol. The molecular formula is C15H21F2NO3. The molecule has 118 valence electrons. The number of carbonyl (C=O) groups is 1. The molecule has 4 nitrogen and oxygen atoms in total.